The third kappa shape index (κ3) is 3.20. The van der Waals surface area contributed by atoms with Crippen molar-refractivity contribution < 1.29 is 31.1 Å². The molecule has 0 saturated carbocycles. The number of amides is 1. The van der Waals surface area contributed by atoms with E-state index in [2.05, 4.69) is 10.1 Å². The summed E-state index contributed by atoms with van der Waals surface area (Å²) in [7, 11) is -4.23. The molecule has 132 valence electrons. The lowest BCUT2D eigenvalue weighted by Gasteiger charge is -2.27. The van der Waals surface area contributed by atoms with E-state index in [9.17, 15) is 26.4 Å². The Kier molecular flexibility index (Phi) is 4.20. The van der Waals surface area contributed by atoms with Crippen LogP contribution in [-0.2, 0) is 14.8 Å². The Balaban J connectivity index is 2.01. The smallest absolute Gasteiger partial charge is 0.404 e. The van der Waals surface area contributed by atoms with Crippen molar-refractivity contribution in [2.45, 2.75) is 42.6 Å². The van der Waals surface area contributed by atoms with Gasteiger partial charge in [0.05, 0.1) is 0 Å². The van der Waals surface area contributed by atoms with Gasteiger partial charge in [-0.15, -0.1) is 13.2 Å². The van der Waals surface area contributed by atoms with Gasteiger partial charge in [0.25, 0.3) is 0 Å². The van der Waals surface area contributed by atoms with Gasteiger partial charge in [-0.05, 0) is 25.0 Å². The first-order valence-electron chi connectivity index (χ1n) is 7.33. The van der Waals surface area contributed by atoms with Gasteiger partial charge in [-0.25, -0.2) is 8.42 Å². The molecule has 1 N–H and O–H groups in total. The fourth-order valence-corrected chi connectivity index (χ4v) is 5.20. The quantitative estimate of drug-likeness (QED) is 0.885. The number of halogens is 3. The van der Waals surface area contributed by atoms with Crippen molar-refractivity contribution in [3.8, 4) is 5.75 Å². The number of rotatable bonds is 3. The van der Waals surface area contributed by atoms with Crippen molar-refractivity contribution in [1.82, 2.24) is 9.62 Å². The van der Waals surface area contributed by atoms with Crippen LogP contribution in [0.25, 0.3) is 0 Å². The summed E-state index contributed by atoms with van der Waals surface area (Å²) in [5.41, 5.74) is 0. The Morgan fingerprint density at radius 1 is 1.17 bits per heavy atom. The van der Waals surface area contributed by atoms with Crippen LogP contribution in [0.2, 0.25) is 0 Å². The number of hydrogen-bond acceptors (Lipinski definition) is 4. The Morgan fingerprint density at radius 2 is 1.83 bits per heavy atom. The van der Waals surface area contributed by atoms with E-state index in [4.69, 9.17) is 0 Å². The molecular formula is C14H15F3N2O4S. The van der Waals surface area contributed by atoms with Crippen LogP contribution in [0.15, 0.2) is 29.2 Å². The summed E-state index contributed by atoms with van der Waals surface area (Å²) < 4.78 is 68.6. The molecule has 2 fully saturated rings. The highest BCUT2D eigenvalue weighted by Gasteiger charge is 2.46. The zero-order chi connectivity index (χ0) is 17.5. The first-order chi connectivity index (χ1) is 11.2. The van der Waals surface area contributed by atoms with Gasteiger partial charge in [-0.1, -0.05) is 12.1 Å². The second-order valence-corrected chi connectivity index (χ2v) is 7.53. The average molecular weight is 364 g/mol. The fraction of sp³-hybridized carbons (Fsp3) is 0.500. The normalized spacial score (nSPS) is 25.2. The number of fused-ring (bicyclic) bond motifs is 2. The Hall–Kier alpha value is -1.81. The van der Waals surface area contributed by atoms with E-state index in [-0.39, 0.29) is 18.9 Å². The van der Waals surface area contributed by atoms with Crippen LogP contribution in [0.5, 0.6) is 5.75 Å². The lowest BCUT2D eigenvalue weighted by molar-refractivity contribution is -0.275. The maximum absolute atomic E-state index is 13.0. The van der Waals surface area contributed by atoms with Crippen LogP contribution in [0, 0.1) is 0 Å². The number of carbonyl (C=O) groups excluding carboxylic acids is 1. The molecule has 0 unspecified atom stereocenters. The van der Waals surface area contributed by atoms with E-state index in [0.717, 1.165) is 16.4 Å². The standard InChI is InChI=1S/C14H15F3N2O4S/c15-14(16,17)23-11-3-1-2-4-12(11)24(21,22)19-9-5-6-10(19)8-18-13(20)7-9/h1-4,9-10H,5-8H2,(H,18,20)/t9-,10+/m1/s1. The monoisotopic (exact) mass is 364 g/mol. The second-order valence-electron chi connectivity index (χ2n) is 5.72. The summed E-state index contributed by atoms with van der Waals surface area (Å²) in [6.45, 7) is 0.150. The third-order valence-electron chi connectivity index (χ3n) is 4.14. The molecular weight excluding hydrogens is 349 g/mol. The third-order valence-corrected chi connectivity index (χ3v) is 6.18. The van der Waals surface area contributed by atoms with Crippen molar-refractivity contribution in [3.05, 3.63) is 24.3 Å². The van der Waals surface area contributed by atoms with Crippen LogP contribution < -0.4 is 10.1 Å². The molecule has 0 radical (unpaired) electrons. The number of ether oxygens (including phenoxy) is 1. The predicted octanol–water partition coefficient (Wildman–Crippen LogP) is 1.63. The summed E-state index contributed by atoms with van der Waals surface area (Å²) in [6, 6.07) is 3.62. The molecule has 0 spiro atoms. The minimum atomic E-state index is -5.00. The number of hydrogen-bond donors (Lipinski definition) is 1. The molecule has 2 saturated heterocycles. The van der Waals surface area contributed by atoms with Crippen molar-refractivity contribution >= 4 is 15.9 Å². The minimum absolute atomic E-state index is 0.00196. The molecule has 0 aliphatic carbocycles. The molecule has 3 rings (SSSR count). The number of benzene rings is 1. The van der Waals surface area contributed by atoms with Gasteiger partial charge in [-0.2, -0.15) is 4.31 Å². The Bertz CT molecular complexity index is 751. The molecule has 1 aromatic rings. The van der Waals surface area contributed by atoms with E-state index in [1.165, 1.54) is 12.1 Å². The predicted molar refractivity (Wildman–Crippen MR) is 76.6 cm³/mol. The zero-order valence-electron chi connectivity index (χ0n) is 12.4. The van der Waals surface area contributed by atoms with Crippen LogP contribution in [0.3, 0.4) is 0 Å². The summed E-state index contributed by atoms with van der Waals surface area (Å²) in [5, 5.41) is 2.63. The molecule has 2 aliphatic heterocycles. The number of nitrogens with one attached hydrogen (secondary N) is 1. The molecule has 1 aromatic carbocycles. The van der Waals surface area contributed by atoms with E-state index in [1.807, 2.05) is 0 Å². The largest absolute Gasteiger partial charge is 0.573 e. The van der Waals surface area contributed by atoms with Crippen LogP contribution in [0.4, 0.5) is 13.2 Å². The Morgan fingerprint density at radius 3 is 2.54 bits per heavy atom. The Labute approximate surface area is 136 Å². The van der Waals surface area contributed by atoms with Gasteiger partial charge in [0.1, 0.15) is 10.6 Å². The highest BCUT2D eigenvalue weighted by atomic mass is 32.2. The number of carbonyl (C=O) groups is 1. The summed E-state index contributed by atoms with van der Waals surface area (Å²) in [6.07, 6.45) is -3.95. The molecule has 2 bridgehead atoms. The molecule has 2 heterocycles. The van der Waals surface area contributed by atoms with Crippen LogP contribution >= 0.6 is 0 Å². The number of alkyl halides is 3. The topological polar surface area (TPSA) is 75.7 Å². The first-order valence-corrected chi connectivity index (χ1v) is 8.77. The van der Waals surface area contributed by atoms with Crippen molar-refractivity contribution in [2.24, 2.45) is 0 Å². The highest BCUT2D eigenvalue weighted by molar-refractivity contribution is 7.89. The van der Waals surface area contributed by atoms with Gasteiger partial charge >= 0.3 is 6.36 Å². The van der Waals surface area contributed by atoms with Crippen molar-refractivity contribution in [2.75, 3.05) is 6.54 Å². The highest BCUT2D eigenvalue weighted by Crippen LogP contribution is 2.38. The molecule has 24 heavy (non-hydrogen) atoms. The SMILES string of the molecule is O=C1C[C@H]2CC[C@@H](CN1)N2S(=O)(=O)c1ccccc1OC(F)(F)F. The van der Waals surface area contributed by atoms with E-state index < -0.39 is 39.1 Å². The average Bonchev–Trinajstić information content (AvgIpc) is 2.78. The molecule has 10 heteroatoms. The zero-order valence-corrected chi connectivity index (χ0v) is 13.2. The van der Waals surface area contributed by atoms with E-state index in [0.29, 0.717) is 12.8 Å². The van der Waals surface area contributed by atoms with Gasteiger partial charge in [0.15, 0.2) is 0 Å². The van der Waals surface area contributed by atoms with Crippen LogP contribution in [0.1, 0.15) is 19.3 Å². The van der Waals surface area contributed by atoms with E-state index in [1.54, 1.807) is 0 Å². The molecule has 2 aliphatic rings. The number of para-hydroxylation sites is 1. The summed E-state index contributed by atoms with van der Waals surface area (Å²) >= 11 is 0. The lowest BCUT2D eigenvalue weighted by Crippen LogP contribution is -2.42. The van der Waals surface area contributed by atoms with Gasteiger partial charge < -0.3 is 10.1 Å². The molecule has 2 atom stereocenters. The molecule has 6 nitrogen and oxygen atoms in total. The van der Waals surface area contributed by atoms with Gasteiger partial charge in [-0.3, -0.25) is 4.79 Å². The van der Waals surface area contributed by atoms with E-state index >= 15 is 0 Å². The number of nitrogens with zero attached hydrogens (tertiary/aromatic N) is 1. The maximum atomic E-state index is 13.0. The van der Waals surface area contributed by atoms with Crippen molar-refractivity contribution in [3.63, 3.8) is 0 Å². The molecule has 0 aromatic heterocycles. The molecule has 1 amide bonds. The summed E-state index contributed by atoms with van der Waals surface area (Å²) in [5.74, 6) is -1.03. The minimum Gasteiger partial charge on any atom is -0.404 e. The van der Waals surface area contributed by atoms with Gasteiger partial charge in [0, 0.05) is 25.0 Å². The first kappa shape index (κ1) is 17.0. The fourth-order valence-electron chi connectivity index (χ4n) is 3.22. The second kappa shape index (κ2) is 5.92. The summed E-state index contributed by atoms with van der Waals surface area (Å²) in [4.78, 5) is 11.1. The van der Waals surface area contributed by atoms with Crippen molar-refractivity contribution in [1.29, 1.82) is 0 Å². The lowest BCUT2D eigenvalue weighted by atomic mass is 10.1. The van der Waals surface area contributed by atoms with Gasteiger partial charge in [0.2, 0.25) is 15.9 Å². The maximum Gasteiger partial charge on any atom is 0.573 e. The number of sulfonamides is 1. The van der Waals surface area contributed by atoms with Crippen LogP contribution in [-0.4, -0.2) is 43.6 Å².